The fourth-order valence-corrected chi connectivity index (χ4v) is 4.54. The highest BCUT2D eigenvalue weighted by Gasteiger charge is 2.27. The lowest BCUT2D eigenvalue weighted by Gasteiger charge is -2.33. The van der Waals surface area contributed by atoms with Gasteiger partial charge >= 0.3 is 6.09 Å². The number of carbonyl (C=O) groups excluding carboxylic acids is 1. The van der Waals surface area contributed by atoms with Crippen LogP contribution in [0.4, 0.5) is 10.5 Å². The summed E-state index contributed by atoms with van der Waals surface area (Å²) in [6.07, 6.45) is 1.68. The van der Waals surface area contributed by atoms with Crippen LogP contribution in [0.1, 0.15) is 35.4 Å². The van der Waals surface area contributed by atoms with Gasteiger partial charge in [-0.05, 0) is 60.8 Å². The fraction of sp³-hybridized carbons (Fsp3) is 0.381. The van der Waals surface area contributed by atoms with Gasteiger partial charge in [-0.15, -0.1) is 5.06 Å². The molecule has 2 aliphatic heterocycles. The minimum absolute atomic E-state index is 0.176. The molecule has 1 atom stereocenters. The molecule has 1 N–H and O–H groups in total. The van der Waals surface area contributed by atoms with Crippen molar-refractivity contribution in [2.45, 2.75) is 25.3 Å². The van der Waals surface area contributed by atoms with E-state index in [2.05, 4.69) is 17.3 Å². The van der Waals surface area contributed by atoms with Crippen molar-refractivity contribution in [2.24, 2.45) is 0 Å². The minimum atomic E-state index is -0.448. The third-order valence-corrected chi connectivity index (χ3v) is 5.88. The summed E-state index contributed by atoms with van der Waals surface area (Å²) in [6.45, 7) is 3.29. The molecule has 0 radical (unpaired) electrons. The smallest absolute Gasteiger partial charge is 0.351 e. The molecule has 0 aromatic heterocycles. The first-order valence-electron chi connectivity index (χ1n) is 9.50. The SMILES string of the molecule is CN1Cc2c(Cl)cc(Cl)cc2C(c2ccc(NC(=O)ON3CCCC3)cc2)C1. The lowest BCUT2D eigenvalue weighted by Crippen LogP contribution is -2.31. The van der Waals surface area contributed by atoms with E-state index in [1.807, 2.05) is 30.3 Å². The average molecular weight is 420 g/mol. The van der Waals surface area contributed by atoms with Gasteiger partial charge in [-0.3, -0.25) is 5.32 Å². The van der Waals surface area contributed by atoms with Crippen molar-refractivity contribution in [1.82, 2.24) is 9.96 Å². The van der Waals surface area contributed by atoms with Crippen LogP contribution in [-0.2, 0) is 11.4 Å². The van der Waals surface area contributed by atoms with E-state index in [4.69, 9.17) is 28.0 Å². The summed E-state index contributed by atoms with van der Waals surface area (Å²) in [5.74, 6) is 0.176. The van der Waals surface area contributed by atoms with Gasteiger partial charge in [0.25, 0.3) is 0 Å². The standard InChI is InChI=1S/C21H23Cl2N3O2/c1-25-12-18(17-10-15(22)11-20(23)19(17)13-25)14-4-6-16(7-5-14)24-21(27)28-26-8-2-3-9-26/h4-7,10-11,18H,2-3,8-9,12-13H2,1H3,(H,24,27). The summed E-state index contributed by atoms with van der Waals surface area (Å²) in [6, 6.07) is 11.7. The molecule has 0 saturated carbocycles. The Labute approximate surface area is 175 Å². The van der Waals surface area contributed by atoms with Crippen molar-refractivity contribution < 1.29 is 9.63 Å². The van der Waals surface area contributed by atoms with Crippen molar-refractivity contribution in [3.05, 3.63) is 63.1 Å². The molecule has 1 unspecified atom stereocenters. The molecule has 4 rings (SSSR count). The fourth-order valence-electron chi connectivity index (χ4n) is 3.97. The highest BCUT2D eigenvalue weighted by atomic mass is 35.5. The monoisotopic (exact) mass is 419 g/mol. The van der Waals surface area contributed by atoms with E-state index in [1.165, 1.54) is 5.56 Å². The number of anilines is 1. The first-order chi connectivity index (χ1) is 13.5. The molecule has 0 aliphatic carbocycles. The van der Waals surface area contributed by atoms with Crippen LogP contribution < -0.4 is 5.32 Å². The summed E-state index contributed by atoms with van der Waals surface area (Å²) in [5, 5.41) is 5.85. The van der Waals surface area contributed by atoms with E-state index in [0.717, 1.165) is 50.1 Å². The summed E-state index contributed by atoms with van der Waals surface area (Å²) < 4.78 is 0. The van der Waals surface area contributed by atoms with Crippen LogP contribution in [0.5, 0.6) is 0 Å². The Hall–Kier alpha value is -1.79. The molecule has 1 saturated heterocycles. The number of nitrogens with zero attached hydrogens (tertiary/aromatic N) is 2. The first-order valence-corrected chi connectivity index (χ1v) is 10.3. The maximum absolute atomic E-state index is 12.0. The van der Waals surface area contributed by atoms with E-state index >= 15 is 0 Å². The normalized spacial score (nSPS) is 20.0. The third kappa shape index (κ3) is 4.28. The van der Waals surface area contributed by atoms with Gasteiger partial charge in [-0.2, -0.15) is 0 Å². The summed E-state index contributed by atoms with van der Waals surface area (Å²) in [7, 11) is 2.09. The zero-order chi connectivity index (χ0) is 19.7. The molecule has 28 heavy (non-hydrogen) atoms. The number of carbonyl (C=O) groups is 1. The second kappa shape index (κ2) is 8.29. The Morgan fingerprint density at radius 2 is 1.86 bits per heavy atom. The van der Waals surface area contributed by atoms with E-state index in [0.29, 0.717) is 15.7 Å². The summed E-state index contributed by atoms with van der Waals surface area (Å²) in [5.41, 5.74) is 4.16. The average Bonchev–Trinajstić information content (AvgIpc) is 3.15. The Balaban J connectivity index is 1.50. The van der Waals surface area contributed by atoms with Gasteiger partial charge in [0.1, 0.15) is 0 Å². The predicted octanol–water partition coefficient (Wildman–Crippen LogP) is 5.13. The lowest BCUT2D eigenvalue weighted by molar-refractivity contribution is -0.0738. The number of benzene rings is 2. The molecule has 0 bridgehead atoms. The van der Waals surface area contributed by atoms with Crippen molar-refractivity contribution in [1.29, 1.82) is 0 Å². The van der Waals surface area contributed by atoms with Crippen LogP contribution >= 0.6 is 23.2 Å². The van der Waals surface area contributed by atoms with Gasteiger partial charge in [-0.25, -0.2) is 4.79 Å². The van der Waals surface area contributed by atoms with Crippen molar-refractivity contribution in [2.75, 3.05) is 32.0 Å². The number of hydrogen-bond acceptors (Lipinski definition) is 4. The van der Waals surface area contributed by atoms with Crippen LogP contribution in [0.25, 0.3) is 0 Å². The number of fused-ring (bicyclic) bond motifs is 1. The molecular formula is C21H23Cl2N3O2. The second-order valence-electron chi connectivity index (χ2n) is 7.47. The number of hydroxylamine groups is 2. The summed E-state index contributed by atoms with van der Waals surface area (Å²) in [4.78, 5) is 19.6. The van der Waals surface area contributed by atoms with Gasteiger partial charge in [0, 0.05) is 47.8 Å². The van der Waals surface area contributed by atoms with Crippen LogP contribution in [0.2, 0.25) is 10.0 Å². The van der Waals surface area contributed by atoms with E-state index in [9.17, 15) is 4.79 Å². The Morgan fingerprint density at radius 1 is 1.14 bits per heavy atom. The highest BCUT2D eigenvalue weighted by molar-refractivity contribution is 6.35. The van der Waals surface area contributed by atoms with Gasteiger partial charge in [0.2, 0.25) is 0 Å². The molecule has 1 fully saturated rings. The molecule has 0 spiro atoms. The van der Waals surface area contributed by atoms with Gasteiger partial charge < -0.3 is 9.74 Å². The number of hydrogen-bond donors (Lipinski definition) is 1. The quantitative estimate of drug-likeness (QED) is 0.748. The van der Waals surface area contributed by atoms with Gasteiger partial charge in [0.05, 0.1) is 0 Å². The van der Waals surface area contributed by atoms with Crippen LogP contribution in [-0.4, -0.2) is 42.7 Å². The van der Waals surface area contributed by atoms with Crippen molar-refractivity contribution in [3.63, 3.8) is 0 Å². The maximum Gasteiger partial charge on any atom is 0.430 e. The van der Waals surface area contributed by atoms with E-state index in [1.54, 1.807) is 11.1 Å². The Bertz CT molecular complexity index is 867. The first kappa shape index (κ1) is 19.5. The van der Waals surface area contributed by atoms with E-state index < -0.39 is 6.09 Å². The van der Waals surface area contributed by atoms with Crippen molar-refractivity contribution >= 4 is 35.0 Å². The summed E-state index contributed by atoms with van der Waals surface area (Å²) >= 11 is 12.7. The minimum Gasteiger partial charge on any atom is -0.351 e. The zero-order valence-corrected chi connectivity index (χ0v) is 17.3. The van der Waals surface area contributed by atoms with Crippen LogP contribution in [0.15, 0.2) is 36.4 Å². The Morgan fingerprint density at radius 3 is 2.57 bits per heavy atom. The van der Waals surface area contributed by atoms with Crippen LogP contribution in [0, 0.1) is 0 Å². The third-order valence-electron chi connectivity index (χ3n) is 5.33. The van der Waals surface area contributed by atoms with Gasteiger partial charge in [-0.1, -0.05) is 35.3 Å². The lowest BCUT2D eigenvalue weighted by atomic mass is 9.85. The Kier molecular flexibility index (Phi) is 5.78. The highest BCUT2D eigenvalue weighted by Crippen LogP contribution is 2.38. The van der Waals surface area contributed by atoms with Gasteiger partial charge in [0.15, 0.2) is 0 Å². The maximum atomic E-state index is 12.0. The van der Waals surface area contributed by atoms with Crippen molar-refractivity contribution in [3.8, 4) is 0 Å². The molecule has 2 aliphatic rings. The second-order valence-corrected chi connectivity index (χ2v) is 8.31. The predicted molar refractivity (Wildman–Crippen MR) is 112 cm³/mol. The molecule has 1 amide bonds. The molecular weight excluding hydrogens is 397 g/mol. The number of amides is 1. The molecule has 5 nitrogen and oxygen atoms in total. The molecule has 2 aromatic carbocycles. The number of halogens is 2. The molecule has 2 aromatic rings. The van der Waals surface area contributed by atoms with Crippen LogP contribution in [0.3, 0.4) is 0 Å². The molecule has 2 heterocycles. The topological polar surface area (TPSA) is 44.8 Å². The number of rotatable bonds is 3. The van der Waals surface area contributed by atoms with E-state index in [-0.39, 0.29) is 5.92 Å². The molecule has 148 valence electrons. The number of nitrogens with one attached hydrogen (secondary N) is 1. The zero-order valence-electron chi connectivity index (χ0n) is 15.8. The molecule has 7 heteroatoms. The number of likely N-dealkylation sites (N-methyl/N-ethyl adjacent to an activating group) is 1. The largest absolute Gasteiger partial charge is 0.430 e.